The molecule has 4 saturated carbocycles. The molecule has 0 radical (unpaired) electrons. The van der Waals surface area contributed by atoms with E-state index in [1.807, 2.05) is 0 Å². The minimum atomic E-state index is -6.50. The fourth-order valence-corrected chi connectivity index (χ4v) is 7.51. The molecule has 0 saturated heterocycles. The molecule has 16 heteroatoms. The number of carbonyl (C=O) groups is 2. The number of benzene rings is 1. The van der Waals surface area contributed by atoms with Gasteiger partial charge in [-0.3, -0.25) is 9.35 Å². The first kappa shape index (κ1) is 29.3. The Morgan fingerprint density at radius 2 is 1.58 bits per heavy atom. The summed E-state index contributed by atoms with van der Waals surface area (Å²) in [5.74, 6) is -6.99. The number of alkyl halides is 6. The molecule has 2 unspecified atom stereocenters. The third kappa shape index (κ3) is 5.24. The zero-order valence-electron chi connectivity index (χ0n) is 19.2. The average Bonchev–Trinajstić information content (AvgIpc) is 2.73. The summed E-state index contributed by atoms with van der Waals surface area (Å²) in [5, 5.41) is 10.4. The van der Waals surface area contributed by atoms with Crippen LogP contribution in [0.25, 0.3) is 0 Å². The van der Waals surface area contributed by atoms with Gasteiger partial charge in [0.1, 0.15) is 17.1 Å². The number of aliphatic hydroxyl groups excluding tert-OH is 1. The predicted molar refractivity (Wildman–Crippen MR) is 123 cm³/mol. The van der Waals surface area contributed by atoms with Crippen molar-refractivity contribution in [1.29, 1.82) is 0 Å². The number of hydrogen-bond acceptors (Lipinski definition) is 7. The van der Waals surface area contributed by atoms with Crippen LogP contribution in [0.5, 0.6) is 5.75 Å². The van der Waals surface area contributed by atoms with Gasteiger partial charge < -0.3 is 14.6 Å². The SMILES string of the molecule is O=C(OC(CS(=O)(=O)O)(C(F)(F)F)C(F)(F)F)c1ccc(I)cc1OC(=O)C12CC3CC(C1)C(O)C(C3)C2. The normalized spacial score (nSPS) is 29.3. The maximum Gasteiger partial charge on any atom is 0.438 e. The molecule has 38 heavy (non-hydrogen) atoms. The Morgan fingerprint density at radius 3 is 2.08 bits per heavy atom. The van der Waals surface area contributed by atoms with Crippen LogP contribution in [-0.4, -0.2) is 59.8 Å². The highest BCUT2D eigenvalue weighted by atomic mass is 127. The van der Waals surface area contributed by atoms with Crippen LogP contribution in [0.4, 0.5) is 26.3 Å². The van der Waals surface area contributed by atoms with E-state index in [4.69, 9.17) is 9.29 Å². The fraction of sp³-hybridized carbons (Fsp3) is 0.636. The number of rotatable bonds is 6. The standard InChI is InChI=1S/C22H21F6IO8S/c23-21(24,25)20(22(26,27)28,9-38(33,34)35)37-17(31)14-2-1-13(29)5-15(14)36-18(32)19-6-10-3-11(7-19)16(30)12(4-10)8-19/h1-2,5,10-12,16,30H,3-4,6-9H2,(H,33,34,35). The Kier molecular flexibility index (Phi) is 7.31. The highest BCUT2D eigenvalue weighted by molar-refractivity contribution is 14.1. The number of hydrogen-bond donors (Lipinski definition) is 2. The molecule has 4 fully saturated rings. The van der Waals surface area contributed by atoms with Crippen molar-refractivity contribution in [2.75, 3.05) is 5.75 Å². The van der Waals surface area contributed by atoms with Crippen LogP contribution in [-0.2, 0) is 19.6 Å². The summed E-state index contributed by atoms with van der Waals surface area (Å²) < 4.78 is 122. The molecule has 4 aliphatic rings. The molecule has 5 rings (SSSR count). The summed E-state index contributed by atoms with van der Waals surface area (Å²) in [4.78, 5) is 26.0. The Morgan fingerprint density at radius 1 is 1.03 bits per heavy atom. The number of carbonyl (C=O) groups excluding carboxylic acids is 2. The summed E-state index contributed by atoms with van der Waals surface area (Å²) in [5.41, 5.74) is -7.63. The zero-order chi connectivity index (χ0) is 28.5. The van der Waals surface area contributed by atoms with Gasteiger partial charge in [-0.15, -0.1) is 0 Å². The van der Waals surface area contributed by atoms with Crippen molar-refractivity contribution in [2.24, 2.45) is 23.2 Å². The molecule has 212 valence electrons. The molecule has 0 heterocycles. The Hall–Kier alpha value is -1.66. The number of aliphatic hydroxyl groups is 1. The van der Waals surface area contributed by atoms with Gasteiger partial charge in [0.2, 0.25) is 0 Å². The van der Waals surface area contributed by atoms with Crippen LogP contribution in [0.1, 0.15) is 42.5 Å². The van der Waals surface area contributed by atoms with Crippen molar-refractivity contribution < 1.29 is 63.5 Å². The van der Waals surface area contributed by atoms with Crippen LogP contribution in [0.15, 0.2) is 18.2 Å². The van der Waals surface area contributed by atoms with Crippen molar-refractivity contribution in [3.05, 3.63) is 27.3 Å². The second kappa shape index (κ2) is 9.47. The minimum Gasteiger partial charge on any atom is -0.434 e. The zero-order valence-corrected chi connectivity index (χ0v) is 22.2. The van der Waals surface area contributed by atoms with E-state index in [0.29, 0.717) is 9.99 Å². The molecule has 2 N–H and O–H groups in total. The summed E-state index contributed by atoms with van der Waals surface area (Å²) in [7, 11) is -5.97. The van der Waals surface area contributed by atoms with Crippen molar-refractivity contribution >= 4 is 44.6 Å². The third-order valence-corrected chi connectivity index (χ3v) is 9.03. The van der Waals surface area contributed by atoms with Gasteiger partial charge in [0.05, 0.1) is 11.5 Å². The molecular weight excluding hydrogens is 665 g/mol. The Labute approximate surface area is 225 Å². The van der Waals surface area contributed by atoms with Crippen molar-refractivity contribution in [1.82, 2.24) is 0 Å². The van der Waals surface area contributed by atoms with Crippen LogP contribution in [0.3, 0.4) is 0 Å². The van der Waals surface area contributed by atoms with E-state index in [1.54, 1.807) is 22.6 Å². The Bertz CT molecular complexity index is 1220. The van der Waals surface area contributed by atoms with Crippen molar-refractivity contribution in [3.8, 4) is 5.75 Å². The molecule has 4 bridgehead atoms. The number of esters is 2. The lowest BCUT2D eigenvalue weighted by Gasteiger charge is -2.57. The molecule has 8 nitrogen and oxygen atoms in total. The Balaban J connectivity index is 1.67. The predicted octanol–water partition coefficient (Wildman–Crippen LogP) is 4.29. The average molecular weight is 686 g/mol. The molecule has 1 aromatic rings. The third-order valence-electron chi connectivity index (χ3n) is 7.59. The molecule has 0 amide bonds. The number of halogens is 7. The van der Waals surface area contributed by atoms with Gasteiger partial charge in [0.25, 0.3) is 10.1 Å². The second-order valence-corrected chi connectivity index (χ2v) is 12.9. The maximum atomic E-state index is 13.6. The molecule has 1 aromatic carbocycles. The molecule has 0 spiro atoms. The van der Waals surface area contributed by atoms with Gasteiger partial charge in [0.15, 0.2) is 0 Å². The van der Waals surface area contributed by atoms with E-state index in [-0.39, 0.29) is 30.6 Å². The fourth-order valence-electron chi connectivity index (χ4n) is 6.14. The summed E-state index contributed by atoms with van der Waals surface area (Å²) in [6.45, 7) is 0. The van der Waals surface area contributed by atoms with Gasteiger partial charge in [0, 0.05) is 3.57 Å². The lowest BCUT2D eigenvalue weighted by Crippen LogP contribution is -2.63. The van der Waals surface area contributed by atoms with Crippen molar-refractivity contribution in [3.63, 3.8) is 0 Å². The summed E-state index contributed by atoms with van der Waals surface area (Å²) in [6.07, 6.45) is -11.2. The molecule has 0 aliphatic heterocycles. The van der Waals surface area contributed by atoms with Gasteiger partial charge in [-0.25, -0.2) is 4.79 Å². The van der Waals surface area contributed by atoms with Crippen LogP contribution >= 0.6 is 22.6 Å². The van der Waals surface area contributed by atoms with Crippen LogP contribution < -0.4 is 4.74 Å². The molecule has 4 aliphatic carbocycles. The van der Waals surface area contributed by atoms with Gasteiger partial charge >= 0.3 is 29.9 Å². The highest BCUT2D eigenvalue weighted by Crippen LogP contribution is 2.60. The lowest BCUT2D eigenvalue weighted by molar-refractivity contribution is -0.356. The van der Waals surface area contributed by atoms with Crippen molar-refractivity contribution in [2.45, 2.75) is 56.2 Å². The van der Waals surface area contributed by atoms with E-state index >= 15 is 0 Å². The van der Waals surface area contributed by atoms with Gasteiger partial charge in [-0.1, -0.05) is 0 Å². The maximum absolute atomic E-state index is 13.6. The first-order valence-corrected chi connectivity index (χ1v) is 14.0. The number of ether oxygens (including phenoxy) is 2. The second-order valence-electron chi connectivity index (χ2n) is 10.2. The summed E-state index contributed by atoms with van der Waals surface area (Å²) in [6, 6.07) is 2.94. The molecular formula is C22H21F6IO8S. The topological polar surface area (TPSA) is 127 Å². The first-order valence-electron chi connectivity index (χ1n) is 11.3. The quantitative estimate of drug-likeness (QED) is 0.149. The smallest absolute Gasteiger partial charge is 0.434 e. The summed E-state index contributed by atoms with van der Waals surface area (Å²) >= 11 is 1.71. The lowest BCUT2D eigenvalue weighted by atomic mass is 9.48. The van der Waals surface area contributed by atoms with Gasteiger partial charge in [-0.05, 0) is 90.6 Å². The van der Waals surface area contributed by atoms with E-state index in [9.17, 15) is 49.5 Å². The first-order chi connectivity index (χ1) is 17.3. The molecule has 2 atom stereocenters. The highest BCUT2D eigenvalue weighted by Gasteiger charge is 2.76. The van der Waals surface area contributed by atoms with Crippen LogP contribution in [0.2, 0.25) is 0 Å². The van der Waals surface area contributed by atoms with E-state index in [2.05, 4.69) is 4.74 Å². The van der Waals surface area contributed by atoms with Crippen LogP contribution in [0, 0.1) is 26.7 Å². The van der Waals surface area contributed by atoms with Gasteiger partial charge in [-0.2, -0.15) is 34.8 Å². The monoisotopic (exact) mass is 686 g/mol. The van der Waals surface area contributed by atoms with E-state index < -0.39 is 68.6 Å². The minimum absolute atomic E-state index is 0.142. The molecule has 0 aromatic heterocycles. The van der Waals surface area contributed by atoms with E-state index in [0.717, 1.165) is 31.0 Å². The van der Waals surface area contributed by atoms with E-state index in [1.165, 1.54) is 0 Å². The largest absolute Gasteiger partial charge is 0.438 e.